The van der Waals surface area contributed by atoms with E-state index in [0.717, 1.165) is 49.9 Å². The summed E-state index contributed by atoms with van der Waals surface area (Å²) in [6.45, 7) is 2.64. The Morgan fingerprint density at radius 2 is 2.05 bits per heavy atom. The number of anilines is 2. The van der Waals surface area contributed by atoms with Crippen LogP contribution in [0.3, 0.4) is 0 Å². The summed E-state index contributed by atoms with van der Waals surface area (Å²) in [6, 6.07) is 0. The average molecular weight is 264 g/mol. The standard InChI is InChI=1S/C14H24N4O/c1-2-6-11-12(15)17-10-18-13(11)16-9-14(19)7-4-3-5-8-14/h10,19H,2-9H2,1H3,(H3,15,16,17,18). The van der Waals surface area contributed by atoms with Gasteiger partial charge in [-0.25, -0.2) is 9.97 Å². The van der Waals surface area contributed by atoms with Crippen LogP contribution in [0.4, 0.5) is 11.6 Å². The first-order chi connectivity index (χ1) is 9.14. The van der Waals surface area contributed by atoms with Crippen LogP contribution >= 0.6 is 0 Å². The quantitative estimate of drug-likeness (QED) is 0.758. The molecule has 0 unspecified atom stereocenters. The zero-order chi connectivity index (χ0) is 13.7. The molecule has 0 aromatic carbocycles. The fourth-order valence-corrected chi connectivity index (χ4v) is 2.71. The van der Waals surface area contributed by atoms with Crippen LogP contribution in [0.25, 0.3) is 0 Å². The van der Waals surface area contributed by atoms with Gasteiger partial charge in [-0.1, -0.05) is 32.6 Å². The summed E-state index contributed by atoms with van der Waals surface area (Å²) < 4.78 is 0. The summed E-state index contributed by atoms with van der Waals surface area (Å²) in [6.07, 6.45) is 8.49. The lowest BCUT2D eigenvalue weighted by molar-refractivity contribution is 0.0166. The van der Waals surface area contributed by atoms with Gasteiger partial charge in [0.25, 0.3) is 0 Å². The van der Waals surface area contributed by atoms with E-state index < -0.39 is 5.60 Å². The van der Waals surface area contributed by atoms with Gasteiger partial charge in [-0.2, -0.15) is 0 Å². The summed E-state index contributed by atoms with van der Waals surface area (Å²) in [5.74, 6) is 1.31. The zero-order valence-electron chi connectivity index (χ0n) is 11.7. The van der Waals surface area contributed by atoms with Gasteiger partial charge in [0.15, 0.2) is 0 Å². The van der Waals surface area contributed by atoms with Crippen LogP contribution < -0.4 is 11.1 Å². The normalized spacial score (nSPS) is 18.2. The highest BCUT2D eigenvalue weighted by Gasteiger charge is 2.29. The molecule has 4 N–H and O–H groups in total. The molecule has 0 radical (unpaired) electrons. The van der Waals surface area contributed by atoms with Gasteiger partial charge >= 0.3 is 0 Å². The Hall–Kier alpha value is -1.36. The van der Waals surface area contributed by atoms with E-state index in [1.807, 2.05) is 0 Å². The molecule has 19 heavy (non-hydrogen) atoms. The molecule has 1 heterocycles. The monoisotopic (exact) mass is 264 g/mol. The summed E-state index contributed by atoms with van der Waals surface area (Å²) in [7, 11) is 0. The van der Waals surface area contributed by atoms with Crippen LogP contribution in [0.5, 0.6) is 0 Å². The molecule has 0 aliphatic heterocycles. The Morgan fingerprint density at radius 3 is 2.74 bits per heavy atom. The molecule has 5 nitrogen and oxygen atoms in total. The fourth-order valence-electron chi connectivity index (χ4n) is 2.71. The first kappa shape index (κ1) is 14.1. The second kappa shape index (κ2) is 6.19. The minimum atomic E-state index is -0.596. The highest BCUT2D eigenvalue weighted by molar-refractivity contribution is 5.55. The summed E-state index contributed by atoms with van der Waals surface area (Å²) in [5.41, 5.74) is 6.26. The largest absolute Gasteiger partial charge is 0.388 e. The predicted molar refractivity (Wildman–Crippen MR) is 77.0 cm³/mol. The number of rotatable bonds is 5. The molecular weight excluding hydrogens is 240 g/mol. The Morgan fingerprint density at radius 1 is 1.32 bits per heavy atom. The minimum Gasteiger partial charge on any atom is -0.388 e. The second-order valence-electron chi connectivity index (χ2n) is 5.47. The molecular formula is C14H24N4O. The number of aliphatic hydroxyl groups is 1. The van der Waals surface area contributed by atoms with Crippen molar-refractivity contribution in [1.82, 2.24) is 9.97 Å². The lowest BCUT2D eigenvalue weighted by Gasteiger charge is -2.32. The summed E-state index contributed by atoms with van der Waals surface area (Å²) >= 11 is 0. The zero-order valence-corrected chi connectivity index (χ0v) is 11.7. The maximum Gasteiger partial charge on any atom is 0.134 e. The number of nitrogens with one attached hydrogen (secondary N) is 1. The van der Waals surface area contributed by atoms with Gasteiger partial charge in [-0.3, -0.25) is 0 Å². The number of nitrogen functional groups attached to an aromatic ring is 1. The summed E-state index contributed by atoms with van der Waals surface area (Å²) in [5, 5.41) is 13.8. The van der Waals surface area contributed by atoms with E-state index >= 15 is 0 Å². The molecule has 0 atom stereocenters. The van der Waals surface area contributed by atoms with Crippen molar-refractivity contribution in [2.75, 3.05) is 17.6 Å². The Balaban J connectivity index is 2.04. The molecule has 1 saturated carbocycles. The van der Waals surface area contributed by atoms with Crippen molar-refractivity contribution in [1.29, 1.82) is 0 Å². The Labute approximate surface area is 114 Å². The van der Waals surface area contributed by atoms with E-state index in [1.165, 1.54) is 12.7 Å². The number of hydrogen-bond donors (Lipinski definition) is 3. The number of aromatic nitrogens is 2. The highest BCUT2D eigenvalue weighted by Crippen LogP contribution is 2.29. The number of nitrogens with two attached hydrogens (primary N) is 1. The third kappa shape index (κ3) is 3.56. The van der Waals surface area contributed by atoms with Crippen molar-refractivity contribution in [2.45, 2.75) is 57.5 Å². The van der Waals surface area contributed by atoms with E-state index in [9.17, 15) is 5.11 Å². The molecule has 1 aliphatic rings. The molecule has 1 aliphatic carbocycles. The molecule has 1 fully saturated rings. The van der Waals surface area contributed by atoms with Gasteiger partial charge in [-0.05, 0) is 19.3 Å². The van der Waals surface area contributed by atoms with Gasteiger partial charge in [-0.15, -0.1) is 0 Å². The molecule has 5 heteroatoms. The lowest BCUT2D eigenvalue weighted by atomic mass is 9.85. The Kier molecular flexibility index (Phi) is 4.58. The molecule has 0 spiro atoms. The molecule has 106 valence electrons. The molecule has 0 saturated heterocycles. The average Bonchev–Trinajstić information content (AvgIpc) is 2.41. The molecule has 1 aromatic rings. The van der Waals surface area contributed by atoms with E-state index in [1.54, 1.807) is 0 Å². The molecule has 1 aromatic heterocycles. The van der Waals surface area contributed by atoms with Crippen LogP contribution in [0, 0.1) is 0 Å². The first-order valence-corrected chi connectivity index (χ1v) is 7.20. The highest BCUT2D eigenvalue weighted by atomic mass is 16.3. The van der Waals surface area contributed by atoms with Crippen molar-refractivity contribution in [3.8, 4) is 0 Å². The van der Waals surface area contributed by atoms with E-state index in [-0.39, 0.29) is 0 Å². The third-order valence-corrected chi connectivity index (χ3v) is 3.85. The van der Waals surface area contributed by atoms with Crippen LogP contribution in [0.15, 0.2) is 6.33 Å². The van der Waals surface area contributed by atoms with Gasteiger partial charge in [0, 0.05) is 12.1 Å². The second-order valence-corrected chi connectivity index (χ2v) is 5.47. The molecule has 0 amide bonds. The fraction of sp³-hybridized carbons (Fsp3) is 0.714. The van der Waals surface area contributed by atoms with Gasteiger partial charge < -0.3 is 16.2 Å². The minimum absolute atomic E-state index is 0.537. The van der Waals surface area contributed by atoms with Crippen molar-refractivity contribution in [3.63, 3.8) is 0 Å². The van der Waals surface area contributed by atoms with Crippen molar-refractivity contribution < 1.29 is 5.11 Å². The first-order valence-electron chi connectivity index (χ1n) is 7.20. The molecule has 0 bridgehead atoms. The third-order valence-electron chi connectivity index (χ3n) is 3.85. The SMILES string of the molecule is CCCc1c(N)ncnc1NCC1(O)CCCCC1. The smallest absolute Gasteiger partial charge is 0.134 e. The van der Waals surface area contributed by atoms with Crippen molar-refractivity contribution in [3.05, 3.63) is 11.9 Å². The topological polar surface area (TPSA) is 84.1 Å². The van der Waals surface area contributed by atoms with Crippen LogP contribution in [-0.2, 0) is 6.42 Å². The van der Waals surface area contributed by atoms with Crippen molar-refractivity contribution >= 4 is 11.6 Å². The van der Waals surface area contributed by atoms with Gasteiger partial charge in [0.2, 0.25) is 0 Å². The number of hydrogen-bond acceptors (Lipinski definition) is 5. The lowest BCUT2D eigenvalue weighted by Crippen LogP contribution is -2.39. The van der Waals surface area contributed by atoms with E-state index in [4.69, 9.17) is 5.73 Å². The number of nitrogens with zero attached hydrogens (tertiary/aromatic N) is 2. The maximum atomic E-state index is 10.5. The van der Waals surface area contributed by atoms with Crippen LogP contribution in [0.2, 0.25) is 0 Å². The van der Waals surface area contributed by atoms with Crippen molar-refractivity contribution in [2.24, 2.45) is 0 Å². The summed E-state index contributed by atoms with van der Waals surface area (Å²) in [4.78, 5) is 8.29. The Bertz CT molecular complexity index is 416. The van der Waals surface area contributed by atoms with E-state index in [0.29, 0.717) is 12.4 Å². The maximum absolute atomic E-state index is 10.5. The molecule has 2 rings (SSSR count). The van der Waals surface area contributed by atoms with Crippen LogP contribution in [-0.4, -0.2) is 27.2 Å². The van der Waals surface area contributed by atoms with Crippen LogP contribution in [0.1, 0.15) is 51.0 Å². The van der Waals surface area contributed by atoms with Gasteiger partial charge in [0.1, 0.15) is 18.0 Å². The predicted octanol–water partition coefficient (Wildman–Crippen LogP) is 2.12. The van der Waals surface area contributed by atoms with Gasteiger partial charge in [0.05, 0.1) is 5.60 Å². The van der Waals surface area contributed by atoms with E-state index in [2.05, 4.69) is 22.2 Å².